The third-order valence-corrected chi connectivity index (χ3v) is 2.73. The van der Waals surface area contributed by atoms with Gasteiger partial charge in [-0.2, -0.15) is 0 Å². The van der Waals surface area contributed by atoms with E-state index in [0.29, 0.717) is 6.10 Å². The molecule has 0 spiro atoms. The van der Waals surface area contributed by atoms with E-state index in [4.69, 9.17) is 4.74 Å². The molecule has 0 N–H and O–H groups in total. The average Bonchev–Trinajstić information content (AvgIpc) is 2.66. The van der Waals surface area contributed by atoms with Crippen LogP contribution in [-0.4, -0.2) is 50.9 Å². The molecule has 0 aliphatic carbocycles. The smallest absolute Gasteiger partial charge is 0.165 e. The van der Waals surface area contributed by atoms with Gasteiger partial charge in [0.05, 0.1) is 19.3 Å². The first kappa shape index (κ1) is 11.5. The lowest BCUT2D eigenvalue weighted by Gasteiger charge is -2.30. The minimum absolute atomic E-state index is 0.309. The molecule has 90 valence electrons. The molecule has 2 heterocycles. The zero-order valence-electron chi connectivity index (χ0n) is 9.96. The van der Waals surface area contributed by atoms with Crippen molar-refractivity contribution in [2.45, 2.75) is 39.5 Å². The van der Waals surface area contributed by atoms with Crippen molar-refractivity contribution in [1.29, 1.82) is 0 Å². The Hall–Kier alpha value is -1.01. The normalized spacial score (nSPS) is 22.5. The van der Waals surface area contributed by atoms with E-state index in [2.05, 4.69) is 34.3 Å². The number of nitrogens with zero attached hydrogens (tertiary/aromatic N) is 5. The fourth-order valence-corrected chi connectivity index (χ4v) is 1.96. The van der Waals surface area contributed by atoms with Gasteiger partial charge in [0.25, 0.3) is 0 Å². The van der Waals surface area contributed by atoms with E-state index in [1.165, 1.54) is 0 Å². The predicted octanol–water partition coefficient (Wildman–Crippen LogP) is 0.304. The number of hydrogen-bond donors (Lipinski definition) is 0. The number of ether oxygens (including phenoxy) is 1. The first-order valence-electron chi connectivity index (χ1n) is 5.88. The average molecular weight is 225 g/mol. The third kappa shape index (κ3) is 2.76. The second-order valence-electron chi connectivity index (χ2n) is 4.23. The summed E-state index contributed by atoms with van der Waals surface area (Å²) in [5.74, 6) is 0.955. The summed E-state index contributed by atoms with van der Waals surface area (Å²) in [6, 6.07) is 0. The molecule has 0 unspecified atom stereocenters. The standard InChI is InChI=1S/C10H19N5O/c1-3-4-15-10(11-12-13-15)8-14-5-6-16-9(2)7-14/h9H,3-8H2,1-2H3/t9-/m0/s1. The molecule has 0 bridgehead atoms. The highest BCUT2D eigenvalue weighted by Crippen LogP contribution is 2.08. The van der Waals surface area contributed by atoms with Crippen LogP contribution in [0.4, 0.5) is 0 Å². The number of hydrogen-bond acceptors (Lipinski definition) is 5. The molecule has 0 radical (unpaired) electrons. The summed E-state index contributed by atoms with van der Waals surface area (Å²) in [4.78, 5) is 2.34. The van der Waals surface area contributed by atoms with Gasteiger partial charge in [0, 0.05) is 19.6 Å². The van der Waals surface area contributed by atoms with Crippen molar-refractivity contribution in [3.63, 3.8) is 0 Å². The number of morpholine rings is 1. The maximum absolute atomic E-state index is 5.50. The quantitative estimate of drug-likeness (QED) is 0.738. The van der Waals surface area contributed by atoms with Crippen molar-refractivity contribution >= 4 is 0 Å². The lowest BCUT2D eigenvalue weighted by Crippen LogP contribution is -2.41. The molecule has 1 aliphatic heterocycles. The summed E-state index contributed by atoms with van der Waals surface area (Å²) >= 11 is 0. The van der Waals surface area contributed by atoms with Crippen LogP contribution < -0.4 is 0 Å². The van der Waals surface area contributed by atoms with Crippen molar-refractivity contribution in [3.05, 3.63) is 5.82 Å². The molecule has 1 aliphatic rings. The van der Waals surface area contributed by atoms with Crippen molar-refractivity contribution in [1.82, 2.24) is 25.1 Å². The second kappa shape index (κ2) is 5.36. The molecule has 1 aromatic rings. The van der Waals surface area contributed by atoms with Crippen LogP contribution in [0.3, 0.4) is 0 Å². The molecule has 0 saturated carbocycles. The number of tetrazole rings is 1. The van der Waals surface area contributed by atoms with E-state index in [0.717, 1.165) is 45.0 Å². The fourth-order valence-electron chi connectivity index (χ4n) is 1.96. The number of aromatic nitrogens is 4. The van der Waals surface area contributed by atoms with Crippen LogP contribution in [0.25, 0.3) is 0 Å². The third-order valence-electron chi connectivity index (χ3n) is 2.73. The molecule has 6 heteroatoms. The molecule has 6 nitrogen and oxygen atoms in total. The Morgan fingerprint density at radius 3 is 3.12 bits per heavy atom. The maximum Gasteiger partial charge on any atom is 0.165 e. The molecule has 1 fully saturated rings. The van der Waals surface area contributed by atoms with E-state index in [9.17, 15) is 0 Å². The van der Waals surface area contributed by atoms with Crippen LogP contribution in [0.5, 0.6) is 0 Å². The topological polar surface area (TPSA) is 56.1 Å². The minimum atomic E-state index is 0.309. The Balaban J connectivity index is 1.94. The lowest BCUT2D eigenvalue weighted by atomic mass is 10.3. The summed E-state index contributed by atoms with van der Waals surface area (Å²) in [6.45, 7) is 8.66. The van der Waals surface area contributed by atoms with E-state index in [1.54, 1.807) is 0 Å². The van der Waals surface area contributed by atoms with Gasteiger partial charge in [0.1, 0.15) is 0 Å². The van der Waals surface area contributed by atoms with E-state index < -0.39 is 0 Å². The summed E-state index contributed by atoms with van der Waals surface area (Å²) in [7, 11) is 0. The maximum atomic E-state index is 5.50. The van der Waals surface area contributed by atoms with Gasteiger partial charge in [-0.05, 0) is 23.8 Å². The SMILES string of the molecule is CCCn1nnnc1CN1CCO[C@@H](C)C1. The first-order chi connectivity index (χ1) is 7.79. The van der Waals surface area contributed by atoms with Crippen LogP contribution in [0.15, 0.2) is 0 Å². The second-order valence-corrected chi connectivity index (χ2v) is 4.23. The van der Waals surface area contributed by atoms with Gasteiger partial charge in [-0.1, -0.05) is 6.92 Å². The van der Waals surface area contributed by atoms with Crippen molar-refractivity contribution in [3.8, 4) is 0 Å². The van der Waals surface area contributed by atoms with Crippen molar-refractivity contribution in [2.24, 2.45) is 0 Å². The van der Waals surface area contributed by atoms with Gasteiger partial charge in [-0.3, -0.25) is 4.90 Å². The molecule has 2 rings (SSSR count). The van der Waals surface area contributed by atoms with Gasteiger partial charge >= 0.3 is 0 Å². The summed E-state index contributed by atoms with van der Waals surface area (Å²) in [5.41, 5.74) is 0. The molecule has 1 atom stereocenters. The Kier molecular flexibility index (Phi) is 3.84. The van der Waals surface area contributed by atoms with Crippen molar-refractivity contribution in [2.75, 3.05) is 19.7 Å². The summed E-state index contributed by atoms with van der Waals surface area (Å²) < 4.78 is 7.39. The Morgan fingerprint density at radius 1 is 1.50 bits per heavy atom. The van der Waals surface area contributed by atoms with E-state index in [-0.39, 0.29) is 0 Å². The number of aryl methyl sites for hydroxylation is 1. The minimum Gasteiger partial charge on any atom is -0.376 e. The Bertz CT molecular complexity index is 327. The molecule has 1 saturated heterocycles. The molecule has 1 aromatic heterocycles. The zero-order valence-corrected chi connectivity index (χ0v) is 9.96. The highest BCUT2D eigenvalue weighted by molar-refractivity contribution is 4.82. The lowest BCUT2D eigenvalue weighted by molar-refractivity contribution is -0.0224. The monoisotopic (exact) mass is 225 g/mol. The van der Waals surface area contributed by atoms with E-state index >= 15 is 0 Å². The predicted molar refractivity (Wildman–Crippen MR) is 58.8 cm³/mol. The summed E-state index contributed by atoms with van der Waals surface area (Å²) in [5, 5.41) is 11.8. The Morgan fingerprint density at radius 2 is 2.38 bits per heavy atom. The molecule has 0 amide bonds. The zero-order chi connectivity index (χ0) is 11.4. The fraction of sp³-hybridized carbons (Fsp3) is 0.900. The molecule has 16 heavy (non-hydrogen) atoms. The molecular formula is C10H19N5O. The van der Waals surface area contributed by atoms with Crippen LogP contribution >= 0.6 is 0 Å². The highest BCUT2D eigenvalue weighted by Gasteiger charge is 2.18. The summed E-state index contributed by atoms with van der Waals surface area (Å²) in [6.07, 6.45) is 1.36. The van der Waals surface area contributed by atoms with Crippen LogP contribution in [-0.2, 0) is 17.8 Å². The van der Waals surface area contributed by atoms with Gasteiger partial charge in [0.15, 0.2) is 5.82 Å². The van der Waals surface area contributed by atoms with Crippen LogP contribution in [0, 0.1) is 0 Å². The van der Waals surface area contributed by atoms with Gasteiger partial charge < -0.3 is 4.74 Å². The van der Waals surface area contributed by atoms with Gasteiger partial charge in [-0.15, -0.1) is 5.10 Å². The van der Waals surface area contributed by atoms with Gasteiger partial charge in [0.2, 0.25) is 0 Å². The number of rotatable bonds is 4. The van der Waals surface area contributed by atoms with Gasteiger partial charge in [-0.25, -0.2) is 4.68 Å². The van der Waals surface area contributed by atoms with Crippen LogP contribution in [0.1, 0.15) is 26.1 Å². The Labute approximate surface area is 95.6 Å². The first-order valence-corrected chi connectivity index (χ1v) is 5.88. The molecular weight excluding hydrogens is 206 g/mol. The van der Waals surface area contributed by atoms with Crippen molar-refractivity contribution < 1.29 is 4.74 Å². The molecule has 0 aromatic carbocycles. The highest BCUT2D eigenvalue weighted by atomic mass is 16.5. The largest absolute Gasteiger partial charge is 0.376 e. The van der Waals surface area contributed by atoms with E-state index in [1.807, 2.05) is 4.68 Å². The van der Waals surface area contributed by atoms with Crippen LogP contribution in [0.2, 0.25) is 0 Å².